The Balaban J connectivity index is 2.97. The smallest absolute Gasteiger partial charge is 0.252 e. The monoisotopic (exact) mass is 253 g/mol. The Hall–Kier alpha value is -1.43. The molecule has 0 spiro atoms. The van der Waals surface area contributed by atoms with Crippen molar-refractivity contribution in [1.82, 2.24) is 5.32 Å². The molecule has 0 aliphatic rings. The zero-order chi connectivity index (χ0) is 13.8. The second kappa shape index (κ2) is 5.95. The minimum Gasteiger partial charge on any atom is -0.394 e. The molecule has 0 unspecified atom stereocenters. The highest BCUT2D eigenvalue weighted by molar-refractivity contribution is 5.96. The van der Waals surface area contributed by atoms with E-state index in [2.05, 4.69) is 5.32 Å². The Bertz CT molecular complexity index is 419. The fourth-order valence-electron chi connectivity index (χ4n) is 1.56. The van der Waals surface area contributed by atoms with Crippen molar-refractivity contribution >= 4 is 5.91 Å². The van der Waals surface area contributed by atoms with E-state index in [9.17, 15) is 4.79 Å². The van der Waals surface area contributed by atoms with Crippen molar-refractivity contribution in [2.45, 2.75) is 19.4 Å². The Labute approximate surface area is 106 Å². The quantitative estimate of drug-likeness (QED) is 0.582. The van der Waals surface area contributed by atoms with Gasteiger partial charge in [0.25, 0.3) is 5.91 Å². The van der Waals surface area contributed by atoms with E-state index >= 15 is 0 Å². The van der Waals surface area contributed by atoms with Gasteiger partial charge in [-0.2, -0.15) is 0 Å². The molecule has 0 aromatic heterocycles. The van der Waals surface area contributed by atoms with Crippen molar-refractivity contribution in [2.75, 3.05) is 19.8 Å². The lowest BCUT2D eigenvalue weighted by Crippen LogP contribution is -2.57. The third-order valence-corrected chi connectivity index (χ3v) is 2.92. The van der Waals surface area contributed by atoms with Crippen molar-refractivity contribution in [3.05, 3.63) is 34.9 Å². The molecular formula is C13H19NO4. The molecule has 18 heavy (non-hydrogen) atoms. The number of carbonyl (C=O) groups excluding carboxylic acids is 1. The fourth-order valence-corrected chi connectivity index (χ4v) is 1.56. The highest BCUT2D eigenvalue weighted by Gasteiger charge is 2.30. The van der Waals surface area contributed by atoms with Gasteiger partial charge in [0.05, 0.1) is 19.8 Å². The molecule has 100 valence electrons. The van der Waals surface area contributed by atoms with E-state index in [4.69, 9.17) is 15.3 Å². The maximum Gasteiger partial charge on any atom is 0.252 e. The van der Waals surface area contributed by atoms with Gasteiger partial charge in [-0.3, -0.25) is 4.79 Å². The molecule has 0 heterocycles. The molecule has 0 aliphatic heterocycles. The molecule has 0 saturated carbocycles. The number of hydrogen-bond donors (Lipinski definition) is 4. The van der Waals surface area contributed by atoms with Crippen LogP contribution >= 0.6 is 0 Å². The number of hydrogen-bond acceptors (Lipinski definition) is 4. The van der Waals surface area contributed by atoms with E-state index in [1.54, 1.807) is 13.0 Å². The van der Waals surface area contributed by atoms with Crippen LogP contribution in [0.2, 0.25) is 0 Å². The first kappa shape index (κ1) is 14.6. The summed E-state index contributed by atoms with van der Waals surface area (Å²) in [6, 6.07) is 5.44. The van der Waals surface area contributed by atoms with Crippen molar-refractivity contribution in [1.29, 1.82) is 0 Å². The van der Waals surface area contributed by atoms with Crippen LogP contribution in [0.3, 0.4) is 0 Å². The minimum absolute atomic E-state index is 0.423. The topological polar surface area (TPSA) is 89.8 Å². The first-order valence-corrected chi connectivity index (χ1v) is 5.70. The highest BCUT2D eigenvalue weighted by Crippen LogP contribution is 2.12. The highest BCUT2D eigenvalue weighted by atomic mass is 16.3. The molecule has 0 saturated heterocycles. The average molecular weight is 253 g/mol. The van der Waals surface area contributed by atoms with Gasteiger partial charge in [0.2, 0.25) is 0 Å². The lowest BCUT2D eigenvalue weighted by atomic mass is 10.0. The van der Waals surface area contributed by atoms with E-state index in [1.165, 1.54) is 0 Å². The second-order valence-electron chi connectivity index (χ2n) is 4.53. The summed E-state index contributed by atoms with van der Waals surface area (Å²) in [4.78, 5) is 12.1. The summed E-state index contributed by atoms with van der Waals surface area (Å²) in [6.45, 7) is 2.07. The van der Waals surface area contributed by atoms with Gasteiger partial charge in [0.1, 0.15) is 5.54 Å². The van der Waals surface area contributed by atoms with Gasteiger partial charge in [0, 0.05) is 5.56 Å². The van der Waals surface area contributed by atoms with Gasteiger partial charge in [-0.25, -0.2) is 0 Å². The standard InChI is InChI=1S/C13H19NO4/c1-9-3-4-10(2)11(5-9)12(18)14-13(6-15,7-16)8-17/h3-5,15-17H,6-8H2,1-2H3,(H,14,18). The van der Waals surface area contributed by atoms with Crippen LogP contribution in [0.5, 0.6) is 0 Å². The van der Waals surface area contributed by atoms with Crippen LogP contribution in [0.25, 0.3) is 0 Å². The van der Waals surface area contributed by atoms with Crippen LogP contribution in [-0.2, 0) is 0 Å². The average Bonchev–Trinajstić information content (AvgIpc) is 2.38. The predicted molar refractivity (Wildman–Crippen MR) is 67.4 cm³/mol. The third-order valence-electron chi connectivity index (χ3n) is 2.92. The minimum atomic E-state index is -1.40. The fraction of sp³-hybridized carbons (Fsp3) is 0.462. The Morgan fingerprint density at radius 3 is 2.22 bits per heavy atom. The van der Waals surface area contributed by atoms with Gasteiger partial charge < -0.3 is 20.6 Å². The summed E-state index contributed by atoms with van der Waals surface area (Å²) in [5, 5.41) is 30.0. The lowest BCUT2D eigenvalue weighted by Gasteiger charge is -2.29. The molecule has 0 atom stereocenters. The summed E-state index contributed by atoms with van der Waals surface area (Å²) in [6.07, 6.45) is 0. The number of amides is 1. The third kappa shape index (κ3) is 3.07. The summed E-state index contributed by atoms with van der Waals surface area (Å²) >= 11 is 0. The molecular weight excluding hydrogens is 234 g/mol. The number of benzene rings is 1. The van der Waals surface area contributed by atoms with Crippen molar-refractivity contribution in [3.63, 3.8) is 0 Å². The van der Waals surface area contributed by atoms with Crippen molar-refractivity contribution in [2.24, 2.45) is 0 Å². The van der Waals surface area contributed by atoms with Crippen LogP contribution in [0.4, 0.5) is 0 Å². The summed E-state index contributed by atoms with van der Waals surface area (Å²) in [5.74, 6) is -0.423. The van der Waals surface area contributed by atoms with Gasteiger partial charge in [-0.15, -0.1) is 0 Å². The van der Waals surface area contributed by atoms with Crippen molar-refractivity contribution in [3.8, 4) is 0 Å². The van der Waals surface area contributed by atoms with E-state index < -0.39 is 31.3 Å². The molecule has 0 bridgehead atoms. The SMILES string of the molecule is Cc1ccc(C)c(C(=O)NC(CO)(CO)CO)c1. The van der Waals surface area contributed by atoms with E-state index in [0.29, 0.717) is 5.56 Å². The molecule has 1 rings (SSSR count). The maximum atomic E-state index is 12.1. The maximum absolute atomic E-state index is 12.1. The molecule has 1 amide bonds. The Kier molecular flexibility index (Phi) is 4.84. The zero-order valence-electron chi connectivity index (χ0n) is 10.6. The Morgan fingerprint density at radius 1 is 1.17 bits per heavy atom. The zero-order valence-corrected chi connectivity index (χ0v) is 10.6. The lowest BCUT2D eigenvalue weighted by molar-refractivity contribution is 0.0375. The van der Waals surface area contributed by atoms with E-state index in [0.717, 1.165) is 11.1 Å². The molecule has 5 nitrogen and oxygen atoms in total. The van der Waals surface area contributed by atoms with Gasteiger partial charge >= 0.3 is 0 Å². The largest absolute Gasteiger partial charge is 0.394 e. The molecule has 0 fully saturated rings. The number of aryl methyl sites for hydroxylation is 2. The van der Waals surface area contributed by atoms with Crippen LogP contribution in [-0.4, -0.2) is 46.6 Å². The van der Waals surface area contributed by atoms with E-state index in [1.807, 2.05) is 19.1 Å². The Morgan fingerprint density at radius 2 is 1.72 bits per heavy atom. The first-order valence-electron chi connectivity index (χ1n) is 5.70. The molecule has 1 aromatic rings. The predicted octanol–water partition coefficient (Wildman–Crippen LogP) is -0.251. The number of rotatable bonds is 5. The van der Waals surface area contributed by atoms with Gasteiger partial charge in [-0.1, -0.05) is 17.7 Å². The first-order chi connectivity index (χ1) is 8.48. The number of nitrogens with one attached hydrogen (secondary N) is 1. The summed E-state index contributed by atoms with van der Waals surface area (Å²) < 4.78 is 0. The van der Waals surface area contributed by atoms with Crippen LogP contribution in [0.1, 0.15) is 21.5 Å². The summed E-state index contributed by atoms with van der Waals surface area (Å²) in [7, 11) is 0. The van der Waals surface area contributed by atoms with Gasteiger partial charge in [0.15, 0.2) is 0 Å². The molecule has 1 aromatic carbocycles. The number of aliphatic hydroxyl groups excluding tert-OH is 3. The van der Waals surface area contributed by atoms with Gasteiger partial charge in [-0.05, 0) is 25.5 Å². The second-order valence-corrected chi connectivity index (χ2v) is 4.53. The molecule has 5 heteroatoms. The van der Waals surface area contributed by atoms with E-state index in [-0.39, 0.29) is 0 Å². The van der Waals surface area contributed by atoms with Crippen molar-refractivity contribution < 1.29 is 20.1 Å². The summed E-state index contributed by atoms with van der Waals surface area (Å²) in [5.41, 5.74) is 0.802. The molecule has 4 N–H and O–H groups in total. The molecule has 0 aliphatic carbocycles. The normalized spacial score (nSPS) is 11.4. The number of aliphatic hydroxyl groups is 3. The van der Waals surface area contributed by atoms with Crippen LogP contribution in [0.15, 0.2) is 18.2 Å². The number of carbonyl (C=O) groups is 1. The van der Waals surface area contributed by atoms with Crippen LogP contribution < -0.4 is 5.32 Å². The molecule has 0 radical (unpaired) electrons. The van der Waals surface area contributed by atoms with Crippen LogP contribution in [0, 0.1) is 13.8 Å².